The fourth-order valence-corrected chi connectivity index (χ4v) is 2.91. The molecule has 146 valence electrons. The van der Waals surface area contributed by atoms with Crippen LogP contribution < -0.4 is 10.9 Å². The fraction of sp³-hybridized carbons (Fsp3) is 0.211. The highest BCUT2D eigenvalue weighted by atomic mass is 19.2. The summed E-state index contributed by atoms with van der Waals surface area (Å²) in [6, 6.07) is 6.56. The van der Waals surface area contributed by atoms with Crippen LogP contribution in [0.5, 0.6) is 0 Å². The maximum Gasteiger partial charge on any atom is 0.252 e. The van der Waals surface area contributed by atoms with E-state index >= 15 is 0 Å². The van der Waals surface area contributed by atoms with E-state index in [2.05, 4.69) is 20.5 Å². The number of fused-ring (bicyclic) bond motifs is 1. The number of pyridine rings is 1. The molecule has 0 bridgehead atoms. The second-order valence-corrected chi connectivity index (χ2v) is 6.26. The van der Waals surface area contributed by atoms with Gasteiger partial charge in [-0.25, -0.2) is 8.78 Å². The first-order valence-corrected chi connectivity index (χ1v) is 8.34. The molecule has 1 atom stereocenters. The van der Waals surface area contributed by atoms with Crippen molar-refractivity contribution in [2.24, 2.45) is 0 Å². The Balaban J connectivity index is 0.00000225. The number of aryl methyl sites for hydroxylation is 1. The number of nitrogens with one attached hydrogen (secondary N) is 2. The van der Waals surface area contributed by atoms with Crippen LogP contribution in [-0.2, 0) is 11.2 Å². The van der Waals surface area contributed by atoms with Crippen molar-refractivity contribution in [1.82, 2.24) is 20.5 Å². The molecule has 1 amide bonds. The first-order valence-electron chi connectivity index (χ1n) is 8.34. The first-order chi connectivity index (χ1) is 13.3. The number of hydrogen-bond donors (Lipinski definition) is 2. The molecule has 28 heavy (non-hydrogen) atoms. The van der Waals surface area contributed by atoms with E-state index in [1.54, 1.807) is 13.0 Å². The number of amides is 1. The molecule has 0 fully saturated rings. The number of benzene rings is 1. The molecule has 9 heteroatoms. The summed E-state index contributed by atoms with van der Waals surface area (Å²) in [4.78, 5) is 27.2. The summed E-state index contributed by atoms with van der Waals surface area (Å²) in [5.41, 5.74) is 0.451. The summed E-state index contributed by atoms with van der Waals surface area (Å²) < 4.78 is 27.7. The lowest BCUT2D eigenvalue weighted by atomic mass is 10.0. The van der Waals surface area contributed by atoms with E-state index in [1.165, 1.54) is 19.1 Å². The van der Waals surface area contributed by atoms with Crippen molar-refractivity contribution in [3.63, 3.8) is 0 Å². The number of nitriles is 1. The van der Waals surface area contributed by atoms with Crippen LogP contribution in [0.1, 0.15) is 38.3 Å². The van der Waals surface area contributed by atoms with Crippen molar-refractivity contribution in [2.75, 3.05) is 0 Å². The number of aromatic amines is 1. The third-order valence-electron chi connectivity index (χ3n) is 4.40. The van der Waals surface area contributed by atoms with Gasteiger partial charge in [-0.1, -0.05) is 0 Å². The first kappa shape index (κ1) is 19.1. The quantitative estimate of drug-likeness (QED) is 0.715. The zero-order valence-electron chi connectivity index (χ0n) is 15.0. The van der Waals surface area contributed by atoms with Gasteiger partial charge < -0.3 is 10.3 Å². The summed E-state index contributed by atoms with van der Waals surface area (Å²) in [5.74, 6) is -2.61. The monoisotopic (exact) mass is 387 g/mol. The minimum Gasteiger partial charge on any atom is -0.348 e. The van der Waals surface area contributed by atoms with E-state index in [0.29, 0.717) is 5.69 Å². The number of carbonyl (C=O) groups excluding carboxylic acids is 1. The third-order valence-corrected chi connectivity index (χ3v) is 4.40. The average Bonchev–Trinajstić information content (AvgIpc) is 2.68. The number of aromatic nitrogens is 3. The van der Waals surface area contributed by atoms with Gasteiger partial charge in [0.15, 0.2) is 17.3 Å². The van der Waals surface area contributed by atoms with Gasteiger partial charge in [-0.05, 0) is 43.7 Å². The lowest BCUT2D eigenvalue weighted by molar-refractivity contribution is -0.121. The van der Waals surface area contributed by atoms with E-state index in [-0.39, 0.29) is 37.0 Å². The molecule has 0 aliphatic heterocycles. The van der Waals surface area contributed by atoms with Gasteiger partial charge in [-0.2, -0.15) is 10.4 Å². The molecule has 2 heterocycles. The van der Waals surface area contributed by atoms with Crippen molar-refractivity contribution in [3.8, 4) is 6.07 Å². The van der Waals surface area contributed by atoms with Crippen molar-refractivity contribution in [3.05, 3.63) is 68.8 Å². The second-order valence-electron chi connectivity index (χ2n) is 6.26. The molecule has 1 aromatic carbocycles. The highest BCUT2D eigenvalue weighted by Crippen LogP contribution is 2.23. The van der Waals surface area contributed by atoms with Crippen LogP contribution in [0.25, 0.3) is 10.9 Å². The van der Waals surface area contributed by atoms with Gasteiger partial charge in [-0.3, -0.25) is 9.59 Å². The lowest BCUT2D eigenvalue weighted by Gasteiger charge is -2.14. The van der Waals surface area contributed by atoms with E-state index in [4.69, 9.17) is 5.26 Å². The highest BCUT2D eigenvalue weighted by Gasteiger charge is 2.19. The summed E-state index contributed by atoms with van der Waals surface area (Å²) in [6.07, 6.45) is -0.318. The maximum atomic E-state index is 14.2. The zero-order chi connectivity index (χ0) is 20.4. The normalized spacial score (nSPS) is 11.8. The molecule has 3 aromatic rings. The summed E-state index contributed by atoms with van der Waals surface area (Å²) in [6.45, 7) is 3.14. The molecule has 0 aliphatic carbocycles. The van der Waals surface area contributed by atoms with Crippen LogP contribution in [-0.4, -0.2) is 21.1 Å². The lowest BCUT2D eigenvalue weighted by Crippen LogP contribution is -2.31. The highest BCUT2D eigenvalue weighted by molar-refractivity contribution is 5.86. The molecule has 0 saturated carbocycles. The average molecular weight is 387 g/mol. The molecule has 2 aromatic heterocycles. The van der Waals surface area contributed by atoms with Gasteiger partial charge in [-0.15, -0.1) is 5.10 Å². The van der Waals surface area contributed by atoms with Crippen molar-refractivity contribution < 1.29 is 16.4 Å². The Morgan fingerprint density at radius 1 is 1.32 bits per heavy atom. The van der Waals surface area contributed by atoms with Gasteiger partial charge >= 0.3 is 0 Å². The minimum absolute atomic E-state index is 0. The molecule has 3 rings (SSSR count). The zero-order valence-corrected chi connectivity index (χ0v) is 15.0. The number of nitrogens with zero attached hydrogens (tertiary/aromatic N) is 3. The van der Waals surface area contributed by atoms with Crippen LogP contribution >= 0.6 is 0 Å². The molecule has 0 aliphatic rings. The van der Waals surface area contributed by atoms with Gasteiger partial charge in [0.2, 0.25) is 5.91 Å². The minimum atomic E-state index is -1.07. The third kappa shape index (κ3) is 3.57. The molecule has 0 unspecified atom stereocenters. The molecule has 0 saturated heterocycles. The molecular formula is C19H19F2N5O2. The Morgan fingerprint density at radius 2 is 2.07 bits per heavy atom. The van der Waals surface area contributed by atoms with Crippen molar-refractivity contribution in [1.29, 1.82) is 5.26 Å². The predicted molar refractivity (Wildman–Crippen MR) is 100 cm³/mol. The molecule has 2 N–H and O–H groups in total. The Bertz CT molecular complexity index is 1180. The molecule has 7 nitrogen and oxygen atoms in total. The van der Waals surface area contributed by atoms with E-state index in [1.807, 2.05) is 6.07 Å². The van der Waals surface area contributed by atoms with Crippen LogP contribution in [0.3, 0.4) is 0 Å². The van der Waals surface area contributed by atoms with Crippen LogP contribution in [0.15, 0.2) is 29.1 Å². The largest absolute Gasteiger partial charge is 0.348 e. The Labute approximate surface area is 161 Å². The standard InChI is InChI=1S/C19H15F2N5O2.2H2/c1-9-12(19(28)24-15-6-4-13(20)18(21)17(9)15)7-16(27)23-10(2)14-5-3-11(8-22)25-26-14;;/h3-6,10H,7H2,1-2H3,(H,23,27)(H,24,28);2*1H/t10-;;/m1../s1. The summed E-state index contributed by atoms with van der Waals surface area (Å²) >= 11 is 0. The second kappa shape index (κ2) is 7.52. The SMILES string of the molecule is Cc1c(CC(=O)N[C@H](C)c2ccc(C#N)nn2)c(=O)[nH]c2ccc(F)c(F)c12.[HH].[HH]. The van der Waals surface area contributed by atoms with Crippen molar-refractivity contribution >= 4 is 16.8 Å². The van der Waals surface area contributed by atoms with E-state index in [0.717, 1.165) is 6.07 Å². The smallest absolute Gasteiger partial charge is 0.252 e. The van der Waals surface area contributed by atoms with Gasteiger partial charge in [0.1, 0.15) is 6.07 Å². The number of H-pyrrole nitrogens is 1. The Hall–Kier alpha value is -3.67. The molecule has 0 spiro atoms. The van der Waals surface area contributed by atoms with E-state index in [9.17, 15) is 18.4 Å². The number of hydrogen-bond acceptors (Lipinski definition) is 5. The van der Waals surface area contributed by atoms with Gasteiger partial charge in [0.25, 0.3) is 5.56 Å². The Kier molecular flexibility index (Phi) is 5.13. The van der Waals surface area contributed by atoms with Crippen molar-refractivity contribution in [2.45, 2.75) is 26.3 Å². The summed E-state index contributed by atoms with van der Waals surface area (Å²) in [5, 5.41) is 18.9. The van der Waals surface area contributed by atoms with Gasteiger partial charge in [0, 0.05) is 13.8 Å². The van der Waals surface area contributed by atoms with Crippen LogP contribution in [0, 0.1) is 29.9 Å². The fourth-order valence-electron chi connectivity index (χ4n) is 2.91. The van der Waals surface area contributed by atoms with Gasteiger partial charge in [0.05, 0.1) is 23.7 Å². The number of carbonyl (C=O) groups is 1. The molecule has 0 radical (unpaired) electrons. The topological polar surface area (TPSA) is 112 Å². The molecular weight excluding hydrogens is 368 g/mol. The predicted octanol–water partition coefficient (Wildman–Crippen LogP) is 2.69. The van der Waals surface area contributed by atoms with Crippen LogP contribution in [0.2, 0.25) is 0 Å². The Morgan fingerprint density at radius 3 is 2.71 bits per heavy atom. The summed E-state index contributed by atoms with van der Waals surface area (Å²) in [7, 11) is 0. The number of halogens is 2. The van der Waals surface area contributed by atoms with E-state index < -0.39 is 29.1 Å². The van der Waals surface area contributed by atoms with Crippen LogP contribution in [0.4, 0.5) is 8.78 Å². The number of rotatable bonds is 4. The maximum absolute atomic E-state index is 14.2.